The highest BCUT2D eigenvalue weighted by atomic mass is 16.3. The van der Waals surface area contributed by atoms with Gasteiger partial charge in [0.15, 0.2) is 0 Å². The Morgan fingerprint density at radius 2 is 0.806 bits per heavy atom. The predicted octanol–water partition coefficient (Wildman–Crippen LogP) is 18.6. The molecule has 336 valence electrons. The molecule has 0 saturated heterocycles. The molecule has 10 aromatic carbocycles. The summed E-state index contributed by atoms with van der Waals surface area (Å²) in [6.07, 6.45) is 9.01. The molecule has 6 aromatic heterocycles. The van der Waals surface area contributed by atoms with Gasteiger partial charge in [-0.15, -0.1) is 0 Å². The van der Waals surface area contributed by atoms with Crippen LogP contribution in [0.15, 0.2) is 233 Å². The van der Waals surface area contributed by atoms with E-state index in [1.807, 2.05) is 6.07 Å². The number of furan rings is 2. The number of fused-ring (bicyclic) bond motifs is 18. The maximum Gasteiger partial charge on any atom is 0.137 e. The predicted molar refractivity (Wildman–Crippen MR) is 300 cm³/mol. The van der Waals surface area contributed by atoms with E-state index in [9.17, 15) is 0 Å². The van der Waals surface area contributed by atoms with Crippen LogP contribution >= 0.6 is 0 Å². The lowest BCUT2D eigenvalue weighted by Crippen LogP contribution is -2.16. The molecule has 6 nitrogen and oxygen atoms in total. The number of allylic oxidation sites excluding steroid dienone is 3. The Hall–Kier alpha value is -9.52. The van der Waals surface area contributed by atoms with Crippen molar-refractivity contribution < 1.29 is 8.83 Å². The van der Waals surface area contributed by atoms with Gasteiger partial charge in [-0.05, 0) is 104 Å². The first-order chi connectivity index (χ1) is 35.8. The van der Waals surface area contributed by atoms with Gasteiger partial charge in [0.1, 0.15) is 22.3 Å². The zero-order valence-corrected chi connectivity index (χ0v) is 38.8. The van der Waals surface area contributed by atoms with E-state index in [0.29, 0.717) is 0 Å². The van der Waals surface area contributed by atoms with Gasteiger partial charge in [-0.3, -0.25) is 0 Å². The van der Waals surface area contributed by atoms with E-state index in [0.717, 1.165) is 85.2 Å². The van der Waals surface area contributed by atoms with E-state index in [-0.39, 0.29) is 0 Å². The second-order valence-corrected chi connectivity index (χ2v) is 19.4. The van der Waals surface area contributed by atoms with Crippen LogP contribution in [0.25, 0.3) is 120 Å². The summed E-state index contributed by atoms with van der Waals surface area (Å²) in [5.74, 6) is 0. The first-order valence-corrected chi connectivity index (χ1v) is 24.9. The first-order valence-electron chi connectivity index (χ1n) is 24.9. The number of para-hydroxylation sites is 5. The minimum Gasteiger partial charge on any atom is -0.456 e. The Bertz CT molecular complexity index is 5010. The number of benzene rings is 10. The van der Waals surface area contributed by atoms with Gasteiger partial charge >= 0.3 is 0 Å². The van der Waals surface area contributed by atoms with Gasteiger partial charge in [-0.25, -0.2) is 0 Å². The average molecular weight is 921 g/mol. The van der Waals surface area contributed by atoms with Crippen molar-refractivity contribution in [2.24, 2.45) is 0 Å². The zero-order chi connectivity index (χ0) is 46.8. The third-order valence-electron chi connectivity index (χ3n) is 15.7. The molecule has 72 heavy (non-hydrogen) atoms. The Kier molecular flexibility index (Phi) is 7.49. The van der Waals surface area contributed by atoms with Gasteiger partial charge in [-0.1, -0.05) is 127 Å². The third-order valence-corrected chi connectivity index (χ3v) is 15.7. The minimum atomic E-state index is 0.870. The molecular formula is C66H40N4O2. The fourth-order valence-electron chi connectivity index (χ4n) is 12.9. The molecule has 17 rings (SSSR count). The molecule has 16 aromatic rings. The molecule has 1 aliphatic rings. The van der Waals surface area contributed by atoms with Gasteiger partial charge in [0, 0.05) is 65.2 Å². The van der Waals surface area contributed by atoms with E-state index in [1.165, 1.54) is 81.9 Å². The molecule has 0 saturated carbocycles. The van der Waals surface area contributed by atoms with Crippen molar-refractivity contribution in [2.75, 3.05) is 9.80 Å². The summed E-state index contributed by atoms with van der Waals surface area (Å²) in [6, 6.07) is 72.9. The fraction of sp³-hybridized carbons (Fsp3) is 0.0303. The van der Waals surface area contributed by atoms with Crippen LogP contribution in [0.2, 0.25) is 0 Å². The molecule has 0 spiro atoms. The largest absolute Gasteiger partial charge is 0.456 e. The van der Waals surface area contributed by atoms with E-state index in [4.69, 9.17) is 8.83 Å². The molecular weight excluding hydrogens is 881 g/mol. The minimum absolute atomic E-state index is 0.870. The lowest BCUT2D eigenvalue weighted by atomic mass is 10.0. The second-order valence-electron chi connectivity index (χ2n) is 19.4. The Labute approximate surface area is 411 Å². The monoisotopic (exact) mass is 920 g/mol. The summed E-state index contributed by atoms with van der Waals surface area (Å²) in [5, 5.41) is 14.3. The number of nitrogens with zero attached hydrogens (tertiary/aromatic N) is 4. The van der Waals surface area contributed by atoms with Crippen LogP contribution in [-0.2, 0) is 0 Å². The van der Waals surface area contributed by atoms with Crippen molar-refractivity contribution in [3.63, 3.8) is 0 Å². The van der Waals surface area contributed by atoms with E-state index in [1.54, 1.807) is 0 Å². The summed E-state index contributed by atoms with van der Waals surface area (Å²) < 4.78 is 18.1. The molecule has 0 atom stereocenters. The number of hydrogen-bond acceptors (Lipinski definition) is 4. The third kappa shape index (κ3) is 4.92. The molecule has 0 fully saturated rings. The summed E-state index contributed by atoms with van der Waals surface area (Å²) >= 11 is 0. The van der Waals surface area contributed by atoms with Gasteiger partial charge < -0.3 is 27.4 Å². The molecule has 0 amide bonds. The number of hydrogen-bond donors (Lipinski definition) is 0. The number of aromatic nitrogens is 2. The van der Waals surface area contributed by atoms with Gasteiger partial charge in [0.2, 0.25) is 0 Å². The van der Waals surface area contributed by atoms with Crippen LogP contribution < -0.4 is 9.80 Å². The summed E-state index contributed by atoms with van der Waals surface area (Å²) in [4.78, 5) is 4.93. The summed E-state index contributed by atoms with van der Waals surface area (Å²) in [7, 11) is 0. The normalized spacial score (nSPS) is 13.5. The van der Waals surface area contributed by atoms with Crippen molar-refractivity contribution >= 4 is 149 Å². The zero-order valence-electron chi connectivity index (χ0n) is 38.8. The maximum absolute atomic E-state index is 6.51. The van der Waals surface area contributed by atoms with Crippen molar-refractivity contribution in [2.45, 2.75) is 12.8 Å². The summed E-state index contributed by atoms with van der Waals surface area (Å²) in [6.45, 7) is 0. The maximum atomic E-state index is 6.51. The van der Waals surface area contributed by atoms with Crippen LogP contribution in [-0.4, -0.2) is 8.80 Å². The first kappa shape index (κ1) is 38.3. The molecule has 0 unspecified atom stereocenters. The quantitative estimate of drug-likeness (QED) is 0.167. The highest BCUT2D eigenvalue weighted by molar-refractivity contribution is 6.33. The molecule has 0 N–H and O–H groups in total. The van der Waals surface area contributed by atoms with Gasteiger partial charge in [-0.2, -0.15) is 0 Å². The van der Waals surface area contributed by atoms with Crippen LogP contribution in [0.3, 0.4) is 0 Å². The van der Waals surface area contributed by atoms with Crippen LogP contribution in [0.4, 0.5) is 28.4 Å². The molecule has 0 bridgehead atoms. The summed E-state index contributed by atoms with van der Waals surface area (Å²) in [5.41, 5.74) is 17.5. The Balaban J connectivity index is 0.955. The molecule has 6 heterocycles. The van der Waals surface area contributed by atoms with Crippen molar-refractivity contribution in [1.29, 1.82) is 0 Å². The highest BCUT2D eigenvalue weighted by Gasteiger charge is 2.30. The van der Waals surface area contributed by atoms with Gasteiger partial charge in [0.05, 0.1) is 66.6 Å². The average Bonchev–Trinajstić information content (AvgIpc) is 4.29. The molecule has 0 aliphatic heterocycles. The lowest BCUT2D eigenvalue weighted by Gasteiger charge is -2.29. The highest BCUT2D eigenvalue weighted by Crippen LogP contribution is 2.53. The molecule has 0 radical (unpaired) electrons. The standard InChI is InChI=1S/C66H40N4O2/c1-3-17-39(18-4-1)67(51-27-15-31-59-61(51)45-23-9-13-29-57(45)71-59)53-35-33-41-47-37-56-48(38-55(47)69-49-25-11-7-21-43(49)63(53)65(41)69)42-34-36-54(64-44-22-8-12-26-50(44)70(56)66(42)64)68(40-19-5-2-6-20-40)52-28-16-32-60-62(52)46-24-10-14-30-58(46)72-60/h1,3-5,7-38H,2,6H2. The topological polar surface area (TPSA) is 41.6 Å². The van der Waals surface area contributed by atoms with Crippen molar-refractivity contribution in [1.82, 2.24) is 8.80 Å². The lowest BCUT2D eigenvalue weighted by molar-refractivity contribution is 0.668. The Morgan fingerprint density at radius 3 is 1.36 bits per heavy atom. The van der Waals surface area contributed by atoms with Crippen LogP contribution in [0.5, 0.6) is 0 Å². The van der Waals surface area contributed by atoms with Crippen molar-refractivity contribution in [3.8, 4) is 0 Å². The fourth-order valence-corrected chi connectivity index (χ4v) is 12.9. The van der Waals surface area contributed by atoms with Crippen molar-refractivity contribution in [3.05, 3.63) is 224 Å². The smallest absolute Gasteiger partial charge is 0.137 e. The second kappa shape index (κ2) is 14.1. The van der Waals surface area contributed by atoms with Crippen LogP contribution in [0.1, 0.15) is 12.8 Å². The van der Waals surface area contributed by atoms with Crippen LogP contribution in [0, 0.1) is 0 Å². The van der Waals surface area contributed by atoms with E-state index in [2.05, 4.69) is 231 Å². The number of rotatable bonds is 6. The van der Waals surface area contributed by atoms with Gasteiger partial charge in [0.25, 0.3) is 0 Å². The van der Waals surface area contributed by atoms with E-state index >= 15 is 0 Å². The Morgan fingerprint density at radius 1 is 0.333 bits per heavy atom. The molecule has 1 aliphatic carbocycles. The van der Waals surface area contributed by atoms with E-state index < -0.39 is 0 Å². The molecule has 6 heteroatoms. The SMILES string of the molecule is C1=CC(N(c2cccc3oc4ccccc4c23)c2ccc3c4cc5c(cc4n4c6ccccc6c2c34)c2ccc(N(c3ccccc3)c3cccc4oc6ccccc6c34)c3c4ccccc4n5c23)=CCC1. The number of anilines is 5.